The first-order valence-corrected chi connectivity index (χ1v) is 7.78. The van der Waals surface area contributed by atoms with Gasteiger partial charge in [-0.3, -0.25) is 4.72 Å². The average Bonchev–Trinajstić information content (AvgIpc) is 2.41. The minimum Gasteiger partial charge on any atom is -0.392 e. The van der Waals surface area contributed by atoms with Crippen LogP contribution in [-0.2, 0) is 16.6 Å². The van der Waals surface area contributed by atoms with Crippen molar-refractivity contribution in [3.05, 3.63) is 58.6 Å². The number of nitrogens with one attached hydrogen (secondary N) is 1. The molecule has 0 heterocycles. The lowest BCUT2D eigenvalue weighted by Gasteiger charge is -2.13. The van der Waals surface area contributed by atoms with Crippen molar-refractivity contribution in [1.29, 1.82) is 0 Å². The number of rotatable bonds is 4. The van der Waals surface area contributed by atoms with Crippen LogP contribution in [0.15, 0.2) is 47.4 Å². The Hall–Kier alpha value is -1.56. The van der Waals surface area contributed by atoms with Crippen molar-refractivity contribution in [1.82, 2.24) is 0 Å². The zero-order chi connectivity index (χ0) is 14.8. The molecule has 0 aliphatic rings. The number of anilines is 1. The van der Waals surface area contributed by atoms with E-state index in [0.29, 0.717) is 16.8 Å². The Balaban J connectivity index is 2.47. The highest BCUT2D eigenvalue weighted by Gasteiger charge is 2.19. The molecule has 4 nitrogen and oxygen atoms in total. The molecule has 0 radical (unpaired) electrons. The summed E-state index contributed by atoms with van der Waals surface area (Å²) in [5.41, 5.74) is 1.45. The standard InChI is InChI=1S/C14H14ClNO3S/c1-10-11(9-17)7-12(15)8-14(10)20(18,19)16-13-5-3-2-4-6-13/h2-8,16-17H,9H2,1H3. The fourth-order valence-corrected chi connectivity index (χ4v) is 3.55. The van der Waals surface area contributed by atoms with Crippen molar-refractivity contribution in [2.45, 2.75) is 18.4 Å². The molecule has 0 bridgehead atoms. The van der Waals surface area contributed by atoms with E-state index in [-0.39, 0.29) is 16.5 Å². The molecule has 0 spiro atoms. The predicted molar refractivity (Wildman–Crippen MR) is 79.4 cm³/mol. The maximum absolute atomic E-state index is 12.4. The summed E-state index contributed by atoms with van der Waals surface area (Å²) in [4.78, 5) is 0.0675. The summed E-state index contributed by atoms with van der Waals surface area (Å²) in [5, 5.41) is 9.52. The summed E-state index contributed by atoms with van der Waals surface area (Å²) in [5.74, 6) is 0. The summed E-state index contributed by atoms with van der Waals surface area (Å²) in [6.45, 7) is 1.38. The molecule has 20 heavy (non-hydrogen) atoms. The Labute approximate surface area is 123 Å². The number of sulfonamides is 1. The molecule has 2 aromatic rings. The second-order valence-electron chi connectivity index (χ2n) is 4.32. The SMILES string of the molecule is Cc1c(CO)cc(Cl)cc1S(=O)(=O)Nc1ccccc1. The van der Waals surface area contributed by atoms with Gasteiger partial charge in [-0.25, -0.2) is 8.42 Å². The molecule has 0 saturated carbocycles. The summed E-state index contributed by atoms with van der Waals surface area (Å²) in [7, 11) is -3.74. The molecular weight excluding hydrogens is 298 g/mol. The maximum atomic E-state index is 12.4. The van der Waals surface area contributed by atoms with Crippen molar-refractivity contribution in [3.63, 3.8) is 0 Å². The van der Waals surface area contributed by atoms with E-state index in [1.165, 1.54) is 6.07 Å². The smallest absolute Gasteiger partial charge is 0.262 e. The molecule has 0 amide bonds. The summed E-state index contributed by atoms with van der Waals surface area (Å²) >= 11 is 5.91. The molecule has 0 fully saturated rings. The van der Waals surface area contributed by atoms with Gasteiger partial charge in [0.25, 0.3) is 10.0 Å². The van der Waals surface area contributed by atoms with Crippen LogP contribution in [0, 0.1) is 6.92 Å². The van der Waals surface area contributed by atoms with E-state index in [0.717, 1.165) is 0 Å². The molecule has 2 rings (SSSR count). The van der Waals surface area contributed by atoms with Gasteiger partial charge in [0, 0.05) is 10.7 Å². The third-order valence-electron chi connectivity index (χ3n) is 2.92. The van der Waals surface area contributed by atoms with Crippen LogP contribution in [0.3, 0.4) is 0 Å². The highest BCUT2D eigenvalue weighted by atomic mass is 35.5. The van der Waals surface area contributed by atoms with E-state index in [1.807, 2.05) is 0 Å². The Bertz CT molecular complexity index is 715. The molecule has 0 aliphatic heterocycles. The van der Waals surface area contributed by atoms with Crippen molar-refractivity contribution < 1.29 is 13.5 Å². The topological polar surface area (TPSA) is 66.4 Å². The summed E-state index contributed by atoms with van der Waals surface area (Å²) in [6, 6.07) is 11.5. The van der Waals surface area contributed by atoms with Gasteiger partial charge in [-0.1, -0.05) is 29.8 Å². The highest BCUT2D eigenvalue weighted by Crippen LogP contribution is 2.26. The van der Waals surface area contributed by atoms with Crippen molar-refractivity contribution in [2.24, 2.45) is 0 Å². The molecule has 106 valence electrons. The van der Waals surface area contributed by atoms with Gasteiger partial charge in [0.15, 0.2) is 0 Å². The lowest BCUT2D eigenvalue weighted by atomic mass is 10.1. The molecule has 0 atom stereocenters. The zero-order valence-electron chi connectivity index (χ0n) is 10.8. The highest BCUT2D eigenvalue weighted by molar-refractivity contribution is 7.92. The van der Waals surface area contributed by atoms with E-state index in [9.17, 15) is 13.5 Å². The molecule has 0 unspecified atom stereocenters. The van der Waals surface area contributed by atoms with E-state index in [1.54, 1.807) is 43.3 Å². The number of aliphatic hydroxyl groups excluding tert-OH is 1. The van der Waals surface area contributed by atoms with Crippen molar-refractivity contribution >= 4 is 27.3 Å². The Morgan fingerprint density at radius 1 is 1.20 bits per heavy atom. The van der Waals surface area contributed by atoms with Crippen LogP contribution in [0.5, 0.6) is 0 Å². The Kier molecular flexibility index (Phi) is 4.32. The van der Waals surface area contributed by atoms with Crippen molar-refractivity contribution in [3.8, 4) is 0 Å². The molecule has 2 N–H and O–H groups in total. The van der Waals surface area contributed by atoms with Gasteiger partial charge >= 0.3 is 0 Å². The molecule has 0 saturated heterocycles. The number of aliphatic hydroxyl groups is 1. The van der Waals surface area contributed by atoms with Gasteiger partial charge in [0.2, 0.25) is 0 Å². The van der Waals surface area contributed by atoms with Crippen LogP contribution >= 0.6 is 11.6 Å². The van der Waals surface area contributed by atoms with E-state index in [4.69, 9.17) is 11.6 Å². The van der Waals surface area contributed by atoms with Crippen LogP contribution in [0.2, 0.25) is 5.02 Å². The molecular formula is C14H14ClNO3S. The number of halogens is 1. The first-order chi connectivity index (χ1) is 9.44. The fraction of sp³-hybridized carbons (Fsp3) is 0.143. The number of para-hydroxylation sites is 1. The molecule has 0 aromatic heterocycles. The van der Waals surface area contributed by atoms with Gasteiger partial charge in [0.1, 0.15) is 0 Å². The summed E-state index contributed by atoms with van der Waals surface area (Å²) in [6.07, 6.45) is 0. The molecule has 0 aliphatic carbocycles. The van der Waals surface area contributed by atoms with Crippen LogP contribution < -0.4 is 4.72 Å². The van der Waals surface area contributed by atoms with Crippen molar-refractivity contribution in [2.75, 3.05) is 4.72 Å². The largest absolute Gasteiger partial charge is 0.392 e. The average molecular weight is 312 g/mol. The molecule has 6 heteroatoms. The van der Waals surface area contributed by atoms with Gasteiger partial charge < -0.3 is 5.11 Å². The predicted octanol–water partition coefficient (Wildman–Crippen LogP) is 2.94. The third-order valence-corrected chi connectivity index (χ3v) is 4.64. The van der Waals surface area contributed by atoms with E-state index < -0.39 is 10.0 Å². The van der Waals surface area contributed by atoms with Crippen LogP contribution in [0.25, 0.3) is 0 Å². The quantitative estimate of drug-likeness (QED) is 0.912. The fourth-order valence-electron chi connectivity index (χ4n) is 1.87. The number of hydrogen-bond donors (Lipinski definition) is 2. The van der Waals surface area contributed by atoms with Gasteiger partial charge in [0.05, 0.1) is 11.5 Å². The first kappa shape index (κ1) is 14.8. The second-order valence-corrected chi connectivity index (χ2v) is 6.40. The maximum Gasteiger partial charge on any atom is 0.262 e. The number of hydrogen-bond acceptors (Lipinski definition) is 3. The van der Waals surface area contributed by atoms with Gasteiger partial charge in [-0.15, -0.1) is 0 Å². The number of benzene rings is 2. The van der Waals surface area contributed by atoms with Crippen LogP contribution in [-0.4, -0.2) is 13.5 Å². The van der Waals surface area contributed by atoms with Gasteiger partial charge in [-0.2, -0.15) is 0 Å². The summed E-state index contributed by atoms with van der Waals surface area (Å²) < 4.78 is 27.3. The van der Waals surface area contributed by atoms with E-state index in [2.05, 4.69) is 4.72 Å². The van der Waals surface area contributed by atoms with Crippen LogP contribution in [0.1, 0.15) is 11.1 Å². The molecule has 2 aromatic carbocycles. The normalized spacial score (nSPS) is 11.3. The monoisotopic (exact) mass is 311 g/mol. The third kappa shape index (κ3) is 3.12. The van der Waals surface area contributed by atoms with Crippen LogP contribution in [0.4, 0.5) is 5.69 Å². The second kappa shape index (κ2) is 5.83. The minimum atomic E-state index is -3.74. The lowest BCUT2D eigenvalue weighted by molar-refractivity contribution is 0.280. The Morgan fingerprint density at radius 3 is 2.45 bits per heavy atom. The minimum absolute atomic E-state index is 0.0675. The van der Waals surface area contributed by atoms with E-state index >= 15 is 0 Å². The first-order valence-electron chi connectivity index (χ1n) is 5.92. The zero-order valence-corrected chi connectivity index (χ0v) is 12.4. The van der Waals surface area contributed by atoms with Gasteiger partial charge in [-0.05, 0) is 42.3 Å². The Morgan fingerprint density at radius 2 is 1.85 bits per heavy atom. The lowest BCUT2D eigenvalue weighted by Crippen LogP contribution is -2.15.